The molecule has 2 aromatic carbocycles. The van der Waals surface area contributed by atoms with Crippen molar-refractivity contribution in [1.29, 1.82) is 0 Å². The summed E-state index contributed by atoms with van der Waals surface area (Å²) in [5, 5.41) is 6.52. The van der Waals surface area contributed by atoms with Crippen LogP contribution in [0.25, 0.3) is 10.9 Å². The quantitative estimate of drug-likeness (QED) is 0.504. The third-order valence-electron chi connectivity index (χ3n) is 6.20. The van der Waals surface area contributed by atoms with Gasteiger partial charge >= 0.3 is 0 Å². The SMILES string of the molecule is COc1ccccc1C1c2[nH]c3ccccc3c2CCN1Cc1c(C)nn(C)c1Cl. The standard InChI is InChI=1S/C24H25ClN4O/c1-15-19(24(25)28(2)27-15)14-29-13-12-17-16-8-4-6-10-20(16)26-22(17)23(29)18-9-5-7-11-21(18)30-3/h4-11,23,26H,12-14H2,1-3H3. The fourth-order valence-corrected chi connectivity index (χ4v) is 5.00. The fourth-order valence-electron chi connectivity index (χ4n) is 4.76. The van der Waals surface area contributed by atoms with Gasteiger partial charge in [0.25, 0.3) is 0 Å². The van der Waals surface area contributed by atoms with Gasteiger partial charge in [-0.1, -0.05) is 48.0 Å². The zero-order chi connectivity index (χ0) is 20.8. The van der Waals surface area contributed by atoms with Crippen LogP contribution < -0.4 is 4.74 Å². The van der Waals surface area contributed by atoms with Crippen molar-refractivity contribution >= 4 is 22.5 Å². The maximum absolute atomic E-state index is 6.59. The molecule has 1 unspecified atom stereocenters. The van der Waals surface area contributed by atoms with E-state index in [0.29, 0.717) is 5.15 Å². The Morgan fingerprint density at radius 2 is 1.93 bits per heavy atom. The predicted octanol–water partition coefficient (Wildman–Crippen LogP) is 5.02. The minimum Gasteiger partial charge on any atom is -0.496 e. The lowest BCUT2D eigenvalue weighted by Crippen LogP contribution is -2.36. The molecule has 0 bridgehead atoms. The minimum absolute atomic E-state index is 0.0490. The summed E-state index contributed by atoms with van der Waals surface area (Å²) < 4.78 is 7.51. The second kappa shape index (κ2) is 7.49. The molecule has 1 N–H and O–H groups in total. The van der Waals surface area contributed by atoms with Crippen LogP contribution in [0.3, 0.4) is 0 Å². The number of nitrogens with zero attached hydrogens (tertiary/aromatic N) is 3. The van der Waals surface area contributed by atoms with Crippen molar-refractivity contribution in [2.75, 3.05) is 13.7 Å². The zero-order valence-corrected chi connectivity index (χ0v) is 18.2. The third-order valence-corrected chi connectivity index (χ3v) is 6.67. The molecule has 0 aliphatic carbocycles. The van der Waals surface area contributed by atoms with E-state index in [0.717, 1.165) is 42.1 Å². The smallest absolute Gasteiger partial charge is 0.131 e. The summed E-state index contributed by atoms with van der Waals surface area (Å²) in [4.78, 5) is 6.19. The van der Waals surface area contributed by atoms with Gasteiger partial charge in [-0.15, -0.1) is 0 Å². The largest absolute Gasteiger partial charge is 0.496 e. The molecule has 2 aromatic heterocycles. The summed E-state index contributed by atoms with van der Waals surface area (Å²) in [5.74, 6) is 0.896. The van der Waals surface area contributed by atoms with Crippen molar-refractivity contribution in [1.82, 2.24) is 19.7 Å². The molecule has 0 amide bonds. The maximum atomic E-state index is 6.59. The topological polar surface area (TPSA) is 46.1 Å². The number of hydrogen-bond donors (Lipinski definition) is 1. The van der Waals surface area contributed by atoms with Crippen LogP contribution in [0, 0.1) is 6.92 Å². The van der Waals surface area contributed by atoms with E-state index in [1.54, 1.807) is 11.8 Å². The average Bonchev–Trinajstić information content (AvgIpc) is 3.25. The van der Waals surface area contributed by atoms with Crippen LogP contribution in [0.5, 0.6) is 5.75 Å². The van der Waals surface area contributed by atoms with Crippen molar-refractivity contribution in [3.8, 4) is 5.75 Å². The van der Waals surface area contributed by atoms with E-state index < -0.39 is 0 Å². The summed E-state index contributed by atoms with van der Waals surface area (Å²) in [5.41, 5.74) is 7.03. The van der Waals surface area contributed by atoms with Crippen molar-refractivity contribution in [3.05, 3.63) is 81.8 Å². The number of fused-ring (bicyclic) bond motifs is 3. The van der Waals surface area contributed by atoms with E-state index in [-0.39, 0.29) is 6.04 Å². The number of nitrogens with one attached hydrogen (secondary N) is 1. The zero-order valence-electron chi connectivity index (χ0n) is 17.4. The Balaban J connectivity index is 1.67. The second-order valence-electron chi connectivity index (χ2n) is 7.91. The monoisotopic (exact) mass is 420 g/mol. The van der Waals surface area contributed by atoms with Crippen LogP contribution in [0.2, 0.25) is 5.15 Å². The number of aromatic amines is 1. The van der Waals surface area contributed by atoms with Gasteiger partial charge in [0.2, 0.25) is 0 Å². The summed E-state index contributed by atoms with van der Waals surface area (Å²) in [6.45, 7) is 3.69. The number of H-pyrrole nitrogens is 1. The molecule has 0 spiro atoms. The molecule has 0 fully saturated rings. The van der Waals surface area contributed by atoms with E-state index in [2.05, 4.69) is 51.4 Å². The molecule has 5 rings (SSSR count). The molecule has 0 saturated carbocycles. The van der Waals surface area contributed by atoms with Crippen LogP contribution >= 0.6 is 11.6 Å². The highest BCUT2D eigenvalue weighted by molar-refractivity contribution is 6.30. The molecule has 0 radical (unpaired) electrons. The van der Waals surface area contributed by atoms with Gasteiger partial charge in [0, 0.05) is 47.9 Å². The number of benzene rings is 2. The summed E-state index contributed by atoms with van der Waals surface area (Å²) in [6, 6.07) is 16.9. The number of halogens is 1. The highest BCUT2D eigenvalue weighted by atomic mass is 35.5. The number of rotatable bonds is 4. The Labute approximate surface area is 181 Å². The van der Waals surface area contributed by atoms with E-state index in [9.17, 15) is 0 Å². The first-order valence-electron chi connectivity index (χ1n) is 10.2. The lowest BCUT2D eigenvalue weighted by atomic mass is 9.91. The van der Waals surface area contributed by atoms with Gasteiger partial charge in [0.1, 0.15) is 10.9 Å². The van der Waals surface area contributed by atoms with Crippen molar-refractivity contribution in [3.63, 3.8) is 0 Å². The van der Waals surface area contributed by atoms with Crippen LogP contribution in [-0.4, -0.2) is 33.3 Å². The van der Waals surface area contributed by atoms with Gasteiger partial charge < -0.3 is 9.72 Å². The summed E-state index contributed by atoms with van der Waals surface area (Å²) in [6.07, 6.45) is 0.988. The summed E-state index contributed by atoms with van der Waals surface area (Å²) >= 11 is 6.59. The molecule has 3 heterocycles. The Morgan fingerprint density at radius 3 is 2.70 bits per heavy atom. The Kier molecular flexibility index (Phi) is 4.80. The highest BCUT2D eigenvalue weighted by Gasteiger charge is 2.34. The number of hydrogen-bond acceptors (Lipinski definition) is 3. The van der Waals surface area contributed by atoms with E-state index in [1.807, 2.05) is 26.1 Å². The molecular weight excluding hydrogens is 396 g/mol. The Bertz CT molecular complexity index is 1230. The normalized spacial score (nSPS) is 16.7. The average molecular weight is 421 g/mol. The first-order chi connectivity index (χ1) is 14.6. The fraction of sp³-hybridized carbons (Fsp3) is 0.292. The van der Waals surface area contributed by atoms with E-state index >= 15 is 0 Å². The lowest BCUT2D eigenvalue weighted by molar-refractivity contribution is 0.198. The van der Waals surface area contributed by atoms with Gasteiger partial charge in [0.05, 0.1) is 18.8 Å². The molecule has 30 heavy (non-hydrogen) atoms. The van der Waals surface area contributed by atoms with Crippen LogP contribution in [0.15, 0.2) is 48.5 Å². The van der Waals surface area contributed by atoms with Crippen LogP contribution in [0.1, 0.15) is 34.1 Å². The van der Waals surface area contributed by atoms with Crippen molar-refractivity contribution in [2.24, 2.45) is 7.05 Å². The molecule has 1 aliphatic rings. The minimum atomic E-state index is 0.0490. The molecule has 0 saturated heterocycles. The third kappa shape index (κ3) is 3.01. The van der Waals surface area contributed by atoms with Gasteiger partial charge in [-0.05, 0) is 31.0 Å². The Hall–Kier alpha value is -2.76. The Morgan fingerprint density at radius 1 is 1.17 bits per heavy atom. The van der Waals surface area contributed by atoms with Crippen LogP contribution in [0.4, 0.5) is 0 Å². The molecule has 6 heteroatoms. The second-order valence-corrected chi connectivity index (χ2v) is 8.26. The van der Waals surface area contributed by atoms with E-state index in [4.69, 9.17) is 16.3 Å². The lowest BCUT2D eigenvalue weighted by Gasteiger charge is -2.36. The first kappa shape index (κ1) is 19.2. The van der Waals surface area contributed by atoms with Gasteiger partial charge in [-0.3, -0.25) is 9.58 Å². The van der Waals surface area contributed by atoms with Crippen LogP contribution in [-0.2, 0) is 20.0 Å². The van der Waals surface area contributed by atoms with Crippen molar-refractivity contribution < 1.29 is 4.74 Å². The molecule has 154 valence electrons. The van der Waals surface area contributed by atoms with E-state index in [1.165, 1.54) is 22.2 Å². The molecular formula is C24H25ClN4O. The highest BCUT2D eigenvalue weighted by Crippen LogP contribution is 2.42. The number of ether oxygens (including phenoxy) is 1. The van der Waals surface area contributed by atoms with Crippen molar-refractivity contribution in [2.45, 2.75) is 25.9 Å². The predicted molar refractivity (Wildman–Crippen MR) is 120 cm³/mol. The number of aromatic nitrogens is 3. The molecule has 4 aromatic rings. The molecule has 1 aliphatic heterocycles. The number of para-hydroxylation sites is 2. The summed E-state index contributed by atoms with van der Waals surface area (Å²) in [7, 11) is 3.63. The van der Waals surface area contributed by atoms with Gasteiger partial charge in [-0.25, -0.2) is 0 Å². The first-order valence-corrected chi connectivity index (χ1v) is 10.6. The van der Waals surface area contributed by atoms with Gasteiger partial charge in [-0.2, -0.15) is 5.10 Å². The number of methoxy groups -OCH3 is 1. The van der Waals surface area contributed by atoms with Gasteiger partial charge in [0.15, 0.2) is 0 Å². The molecule has 1 atom stereocenters. The molecule has 5 nitrogen and oxygen atoms in total. The maximum Gasteiger partial charge on any atom is 0.131 e. The number of aryl methyl sites for hydroxylation is 2.